The molecule has 0 amide bonds. The molecule has 2 heterocycles. The molecule has 0 aromatic carbocycles. The molecule has 4 heteroatoms. The van der Waals surface area contributed by atoms with E-state index in [0.717, 1.165) is 42.6 Å². The predicted octanol–water partition coefficient (Wildman–Crippen LogP) is 3.21. The highest BCUT2D eigenvalue weighted by atomic mass is 16.1. The van der Waals surface area contributed by atoms with Gasteiger partial charge in [-0.15, -0.1) is 0 Å². The van der Waals surface area contributed by atoms with Crippen LogP contribution in [-0.2, 0) is 6.42 Å². The molecule has 0 aliphatic rings. The van der Waals surface area contributed by atoms with Gasteiger partial charge < -0.3 is 10.3 Å². The van der Waals surface area contributed by atoms with Crippen molar-refractivity contribution in [3.05, 3.63) is 46.6 Å². The second kappa shape index (κ2) is 6.89. The van der Waals surface area contributed by atoms with Gasteiger partial charge in [-0.05, 0) is 36.6 Å². The van der Waals surface area contributed by atoms with Crippen LogP contribution < -0.4 is 10.9 Å². The SMILES string of the molecule is CCCNc1cc(-c2ccncc2)c(CCC)[nH]c1=O. The fraction of sp³-hybridized carbons (Fsp3) is 0.375. The molecule has 20 heavy (non-hydrogen) atoms. The summed E-state index contributed by atoms with van der Waals surface area (Å²) in [5.41, 5.74) is 3.75. The van der Waals surface area contributed by atoms with E-state index in [2.05, 4.69) is 29.1 Å². The highest BCUT2D eigenvalue weighted by Crippen LogP contribution is 2.24. The van der Waals surface area contributed by atoms with Gasteiger partial charge in [0.1, 0.15) is 5.69 Å². The largest absolute Gasteiger partial charge is 0.381 e. The summed E-state index contributed by atoms with van der Waals surface area (Å²) in [6.07, 6.45) is 6.39. The fourth-order valence-electron chi connectivity index (χ4n) is 2.20. The Morgan fingerprint density at radius 2 is 1.95 bits per heavy atom. The first kappa shape index (κ1) is 14.3. The summed E-state index contributed by atoms with van der Waals surface area (Å²) in [6, 6.07) is 5.89. The van der Waals surface area contributed by atoms with Crippen molar-refractivity contribution in [1.29, 1.82) is 0 Å². The zero-order chi connectivity index (χ0) is 14.4. The Morgan fingerprint density at radius 3 is 2.60 bits per heavy atom. The van der Waals surface area contributed by atoms with Crippen molar-refractivity contribution in [1.82, 2.24) is 9.97 Å². The molecular formula is C16H21N3O. The molecule has 0 aliphatic heterocycles. The molecular weight excluding hydrogens is 250 g/mol. The van der Waals surface area contributed by atoms with Crippen LogP contribution in [0.25, 0.3) is 11.1 Å². The van der Waals surface area contributed by atoms with Crippen molar-refractivity contribution in [3.8, 4) is 11.1 Å². The van der Waals surface area contributed by atoms with E-state index >= 15 is 0 Å². The third kappa shape index (κ3) is 3.26. The van der Waals surface area contributed by atoms with Crippen LogP contribution in [0.5, 0.6) is 0 Å². The average molecular weight is 271 g/mol. The van der Waals surface area contributed by atoms with Crippen LogP contribution in [-0.4, -0.2) is 16.5 Å². The number of aromatic nitrogens is 2. The number of pyridine rings is 2. The molecule has 0 saturated carbocycles. The highest BCUT2D eigenvalue weighted by molar-refractivity contribution is 5.69. The normalized spacial score (nSPS) is 10.5. The average Bonchev–Trinajstić information content (AvgIpc) is 2.48. The summed E-state index contributed by atoms with van der Waals surface area (Å²) in [6.45, 7) is 4.99. The first-order valence-corrected chi connectivity index (χ1v) is 7.16. The van der Waals surface area contributed by atoms with Gasteiger partial charge in [0.2, 0.25) is 0 Å². The second-order valence-corrected chi connectivity index (χ2v) is 4.82. The Balaban J connectivity index is 2.48. The van der Waals surface area contributed by atoms with Gasteiger partial charge >= 0.3 is 0 Å². The number of hydrogen-bond donors (Lipinski definition) is 2. The van der Waals surface area contributed by atoms with E-state index in [1.165, 1.54) is 0 Å². The zero-order valence-corrected chi connectivity index (χ0v) is 12.1. The molecule has 2 rings (SSSR count). The Bertz CT molecular complexity index is 605. The maximum atomic E-state index is 12.1. The summed E-state index contributed by atoms with van der Waals surface area (Å²) < 4.78 is 0. The molecule has 0 spiro atoms. The van der Waals surface area contributed by atoms with Gasteiger partial charge in [-0.25, -0.2) is 0 Å². The monoisotopic (exact) mass is 271 g/mol. The molecule has 0 fully saturated rings. The lowest BCUT2D eigenvalue weighted by molar-refractivity contribution is 0.876. The first-order chi connectivity index (χ1) is 9.76. The molecule has 0 radical (unpaired) electrons. The van der Waals surface area contributed by atoms with Gasteiger partial charge in [0, 0.05) is 30.2 Å². The summed E-state index contributed by atoms with van der Waals surface area (Å²) in [5.74, 6) is 0. The number of nitrogens with one attached hydrogen (secondary N) is 2. The van der Waals surface area contributed by atoms with E-state index < -0.39 is 0 Å². The Kier molecular flexibility index (Phi) is 4.93. The lowest BCUT2D eigenvalue weighted by atomic mass is 10.0. The maximum Gasteiger partial charge on any atom is 0.271 e. The third-order valence-corrected chi connectivity index (χ3v) is 3.18. The first-order valence-electron chi connectivity index (χ1n) is 7.16. The maximum absolute atomic E-state index is 12.1. The molecule has 4 nitrogen and oxygen atoms in total. The molecule has 2 aromatic rings. The number of nitrogens with zero attached hydrogens (tertiary/aromatic N) is 1. The quantitative estimate of drug-likeness (QED) is 0.848. The van der Waals surface area contributed by atoms with Crippen LogP contribution in [0.3, 0.4) is 0 Å². The van der Waals surface area contributed by atoms with Crippen molar-refractivity contribution in [2.24, 2.45) is 0 Å². The fourth-order valence-corrected chi connectivity index (χ4v) is 2.20. The van der Waals surface area contributed by atoms with Gasteiger partial charge in [0.25, 0.3) is 5.56 Å². The summed E-state index contributed by atoms with van der Waals surface area (Å²) >= 11 is 0. The van der Waals surface area contributed by atoms with Crippen molar-refractivity contribution < 1.29 is 0 Å². The van der Waals surface area contributed by atoms with Crippen LogP contribution in [0.4, 0.5) is 5.69 Å². The van der Waals surface area contributed by atoms with Gasteiger partial charge in [-0.2, -0.15) is 0 Å². The third-order valence-electron chi connectivity index (χ3n) is 3.18. The van der Waals surface area contributed by atoms with Gasteiger partial charge in [-0.1, -0.05) is 20.3 Å². The van der Waals surface area contributed by atoms with Crippen molar-refractivity contribution in [3.63, 3.8) is 0 Å². The van der Waals surface area contributed by atoms with E-state index in [9.17, 15) is 4.79 Å². The van der Waals surface area contributed by atoms with E-state index in [1.54, 1.807) is 12.4 Å². The van der Waals surface area contributed by atoms with Gasteiger partial charge in [-0.3, -0.25) is 9.78 Å². The number of H-pyrrole nitrogens is 1. The summed E-state index contributed by atoms with van der Waals surface area (Å²) in [7, 11) is 0. The minimum atomic E-state index is -0.0419. The number of anilines is 1. The van der Waals surface area contributed by atoms with E-state index in [1.807, 2.05) is 18.2 Å². The molecule has 0 saturated heterocycles. The molecule has 106 valence electrons. The summed E-state index contributed by atoms with van der Waals surface area (Å²) in [4.78, 5) is 19.1. The van der Waals surface area contributed by atoms with Crippen molar-refractivity contribution in [2.45, 2.75) is 33.1 Å². The van der Waals surface area contributed by atoms with E-state index in [-0.39, 0.29) is 5.56 Å². The van der Waals surface area contributed by atoms with Crippen LogP contribution >= 0.6 is 0 Å². The molecule has 0 unspecified atom stereocenters. The predicted molar refractivity (Wildman–Crippen MR) is 83.1 cm³/mol. The standard InChI is InChI=1S/C16H21N3O/c1-3-5-14-13(12-6-9-17-10-7-12)11-15(16(20)19-14)18-8-4-2/h6-7,9-11,18H,3-5,8H2,1-2H3,(H,19,20). The summed E-state index contributed by atoms with van der Waals surface area (Å²) in [5, 5.41) is 3.18. The molecule has 0 atom stereocenters. The number of aromatic amines is 1. The van der Waals surface area contributed by atoms with Gasteiger partial charge in [0.05, 0.1) is 0 Å². The molecule has 0 aliphatic carbocycles. The number of hydrogen-bond acceptors (Lipinski definition) is 3. The van der Waals surface area contributed by atoms with Crippen molar-refractivity contribution in [2.75, 3.05) is 11.9 Å². The topological polar surface area (TPSA) is 57.8 Å². The van der Waals surface area contributed by atoms with Crippen LogP contribution in [0, 0.1) is 0 Å². The Labute approximate surface area is 119 Å². The van der Waals surface area contributed by atoms with Crippen LogP contribution in [0.2, 0.25) is 0 Å². The lowest BCUT2D eigenvalue weighted by Gasteiger charge is -2.12. The van der Waals surface area contributed by atoms with E-state index in [4.69, 9.17) is 0 Å². The smallest absolute Gasteiger partial charge is 0.271 e. The molecule has 2 aromatic heterocycles. The minimum absolute atomic E-state index is 0.0419. The van der Waals surface area contributed by atoms with Crippen LogP contribution in [0.1, 0.15) is 32.4 Å². The zero-order valence-electron chi connectivity index (χ0n) is 12.1. The number of aryl methyl sites for hydroxylation is 1. The van der Waals surface area contributed by atoms with Crippen LogP contribution in [0.15, 0.2) is 35.4 Å². The molecule has 0 bridgehead atoms. The minimum Gasteiger partial charge on any atom is -0.381 e. The second-order valence-electron chi connectivity index (χ2n) is 4.82. The van der Waals surface area contributed by atoms with Crippen molar-refractivity contribution >= 4 is 5.69 Å². The lowest BCUT2D eigenvalue weighted by Crippen LogP contribution is -2.17. The highest BCUT2D eigenvalue weighted by Gasteiger charge is 2.09. The Hall–Kier alpha value is -2.10. The number of rotatable bonds is 6. The van der Waals surface area contributed by atoms with E-state index in [0.29, 0.717) is 5.69 Å². The van der Waals surface area contributed by atoms with Gasteiger partial charge in [0.15, 0.2) is 0 Å². The molecule has 2 N–H and O–H groups in total. The Morgan fingerprint density at radius 1 is 1.20 bits per heavy atom.